The Morgan fingerprint density at radius 3 is 2.42 bits per heavy atom. The van der Waals surface area contributed by atoms with Gasteiger partial charge in [-0.1, -0.05) is 36.5 Å². The van der Waals surface area contributed by atoms with E-state index in [1.807, 2.05) is 24.3 Å². The lowest BCUT2D eigenvalue weighted by Crippen LogP contribution is -2.21. The van der Waals surface area contributed by atoms with Crippen LogP contribution in [0.4, 0.5) is 5.69 Å². The van der Waals surface area contributed by atoms with Crippen LogP contribution in [-0.2, 0) is 6.54 Å². The van der Waals surface area contributed by atoms with Gasteiger partial charge in [0.25, 0.3) is 0 Å². The second-order valence-corrected chi connectivity index (χ2v) is 6.05. The van der Waals surface area contributed by atoms with Crippen molar-refractivity contribution in [2.45, 2.75) is 6.54 Å². The van der Waals surface area contributed by atoms with Crippen LogP contribution in [0, 0.1) is 3.57 Å². The molecule has 98 valence electrons. The SMILES string of the molecule is CN(Cc1ccc(I)cc1)c1ccccc1C(N)=S. The van der Waals surface area contributed by atoms with Crippen LogP contribution in [0.5, 0.6) is 0 Å². The molecule has 0 radical (unpaired) electrons. The number of thiocarbonyl (C=S) groups is 1. The van der Waals surface area contributed by atoms with E-state index in [-0.39, 0.29) is 0 Å². The van der Waals surface area contributed by atoms with Crippen molar-refractivity contribution >= 4 is 45.5 Å². The molecule has 0 atom stereocenters. The summed E-state index contributed by atoms with van der Waals surface area (Å²) in [5, 5.41) is 0. The van der Waals surface area contributed by atoms with Gasteiger partial charge in [0.05, 0.1) is 0 Å². The van der Waals surface area contributed by atoms with Gasteiger partial charge in [0.15, 0.2) is 0 Å². The van der Waals surface area contributed by atoms with Gasteiger partial charge in [-0.25, -0.2) is 0 Å². The van der Waals surface area contributed by atoms with Crippen LogP contribution in [0.3, 0.4) is 0 Å². The maximum absolute atomic E-state index is 5.77. The van der Waals surface area contributed by atoms with Crippen LogP contribution in [0.2, 0.25) is 0 Å². The second kappa shape index (κ2) is 6.34. The van der Waals surface area contributed by atoms with Crippen molar-refractivity contribution in [1.82, 2.24) is 0 Å². The predicted octanol–water partition coefficient (Wildman–Crippen LogP) is 3.56. The topological polar surface area (TPSA) is 29.3 Å². The number of para-hydroxylation sites is 1. The first-order chi connectivity index (χ1) is 9.08. The third-order valence-corrected chi connectivity index (χ3v) is 3.85. The number of rotatable bonds is 4. The molecule has 2 aromatic carbocycles. The van der Waals surface area contributed by atoms with Crippen molar-refractivity contribution in [3.05, 3.63) is 63.2 Å². The maximum Gasteiger partial charge on any atom is 0.106 e. The van der Waals surface area contributed by atoms with Gasteiger partial charge < -0.3 is 10.6 Å². The fourth-order valence-electron chi connectivity index (χ4n) is 1.96. The highest BCUT2D eigenvalue weighted by atomic mass is 127. The average Bonchev–Trinajstić information content (AvgIpc) is 2.41. The third-order valence-electron chi connectivity index (χ3n) is 2.91. The Morgan fingerprint density at radius 1 is 1.16 bits per heavy atom. The molecule has 2 rings (SSSR count). The summed E-state index contributed by atoms with van der Waals surface area (Å²) in [4.78, 5) is 2.60. The van der Waals surface area contributed by atoms with Crippen LogP contribution >= 0.6 is 34.8 Å². The molecule has 2 nitrogen and oxygen atoms in total. The Labute approximate surface area is 132 Å². The molecule has 0 saturated carbocycles. The van der Waals surface area contributed by atoms with Crippen LogP contribution in [0.1, 0.15) is 11.1 Å². The Hall–Kier alpha value is -1.14. The second-order valence-electron chi connectivity index (χ2n) is 4.36. The molecule has 0 aliphatic rings. The minimum absolute atomic E-state index is 0.435. The molecule has 0 fully saturated rings. The summed E-state index contributed by atoms with van der Waals surface area (Å²) >= 11 is 7.41. The summed E-state index contributed by atoms with van der Waals surface area (Å²) in [6.45, 7) is 0.830. The summed E-state index contributed by atoms with van der Waals surface area (Å²) in [6.07, 6.45) is 0. The number of nitrogens with two attached hydrogens (primary N) is 1. The molecular weight excluding hydrogens is 367 g/mol. The van der Waals surface area contributed by atoms with E-state index < -0.39 is 0 Å². The van der Waals surface area contributed by atoms with Crippen molar-refractivity contribution < 1.29 is 0 Å². The molecule has 0 heterocycles. The summed E-state index contributed by atoms with van der Waals surface area (Å²) in [5.41, 5.74) is 9.02. The largest absolute Gasteiger partial charge is 0.389 e. The van der Waals surface area contributed by atoms with Crippen LogP contribution < -0.4 is 10.6 Å². The van der Waals surface area contributed by atoms with Gasteiger partial charge in [-0.3, -0.25) is 0 Å². The average molecular weight is 382 g/mol. The highest BCUT2D eigenvalue weighted by Crippen LogP contribution is 2.21. The van der Waals surface area contributed by atoms with E-state index in [4.69, 9.17) is 18.0 Å². The van der Waals surface area contributed by atoms with Gasteiger partial charge in [-0.15, -0.1) is 0 Å². The lowest BCUT2D eigenvalue weighted by molar-refractivity contribution is 0.921. The van der Waals surface area contributed by atoms with Crippen molar-refractivity contribution in [1.29, 1.82) is 0 Å². The zero-order valence-corrected chi connectivity index (χ0v) is 13.6. The molecule has 19 heavy (non-hydrogen) atoms. The van der Waals surface area contributed by atoms with E-state index in [2.05, 4.69) is 58.8 Å². The summed E-state index contributed by atoms with van der Waals surface area (Å²) in [7, 11) is 2.05. The predicted molar refractivity (Wildman–Crippen MR) is 93.6 cm³/mol. The molecule has 0 aliphatic heterocycles. The summed E-state index contributed by atoms with van der Waals surface area (Å²) < 4.78 is 1.24. The summed E-state index contributed by atoms with van der Waals surface area (Å²) in [5.74, 6) is 0. The smallest absolute Gasteiger partial charge is 0.106 e. The zero-order chi connectivity index (χ0) is 13.8. The number of halogens is 1. The summed E-state index contributed by atoms with van der Waals surface area (Å²) in [6, 6.07) is 16.5. The zero-order valence-electron chi connectivity index (χ0n) is 10.6. The van der Waals surface area contributed by atoms with Crippen LogP contribution in [0.25, 0.3) is 0 Å². The first kappa shape index (κ1) is 14.3. The highest BCUT2D eigenvalue weighted by Gasteiger charge is 2.09. The molecular formula is C15H15IN2S. The minimum atomic E-state index is 0.435. The first-order valence-electron chi connectivity index (χ1n) is 5.92. The first-order valence-corrected chi connectivity index (χ1v) is 7.41. The monoisotopic (exact) mass is 382 g/mol. The fourth-order valence-corrected chi connectivity index (χ4v) is 2.50. The van der Waals surface area contributed by atoms with Crippen molar-refractivity contribution in [3.8, 4) is 0 Å². The molecule has 2 N–H and O–H groups in total. The molecule has 0 bridgehead atoms. The molecule has 0 spiro atoms. The molecule has 0 unspecified atom stereocenters. The van der Waals surface area contributed by atoms with E-state index in [0.717, 1.165) is 17.8 Å². The lowest BCUT2D eigenvalue weighted by atomic mass is 10.1. The Morgan fingerprint density at radius 2 is 1.79 bits per heavy atom. The Balaban J connectivity index is 2.22. The molecule has 4 heteroatoms. The quantitative estimate of drug-likeness (QED) is 0.648. The van der Waals surface area contributed by atoms with Crippen LogP contribution in [0.15, 0.2) is 48.5 Å². The maximum atomic E-state index is 5.77. The minimum Gasteiger partial charge on any atom is -0.389 e. The number of hydrogen-bond donors (Lipinski definition) is 1. The standard InChI is InChI=1S/C15H15IN2S/c1-18(10-11-6-8-12(16)9-7-11)14-5-3-2-4-13(14)15(17)19/h2-9H,10H2,1H3,(H2,17,19). The van der Waals surface area contributed by atoms with E-state index in [1.165, 1.54) is 9.13 Å². The van der Waals surface area contributed by atoms with Crippen LogP contribution in [-0.4, -0.2) is 12.0 Å². The van der Waals surface area contributed by atoms with Gasteiger partial charge in [-0.2, -0.15) is 0 Å². The highest BCUT2D eigenvalue weighted by molar-refractivity contribution is 14.1. The molecule has 0 aliphatic carbocycles. The van der Waals surface area contributed by atoms with Crippen molar-refractivity contribution in [2.24, 2.45) is 5.73 Å². The number of anilines is 1. The van der Waals surface area contributed by atoms with E-state index in [9.17, 15) is 0 Å². The van der Waals surface area contributed by atoms with Crippen molar-refractivity contribution in [3.63, 3.8) is 0 Å². The lowest BCUT2D eigenvalue weighted by Gasteiger charge is -2.22. The normalized spacial score (nSPS) is 10.2. The van der Waals surface area contributed by atoms with Gasteiger partial charge in [0, 0.05) is 28.4 Å². The van der Waals surface area contributed by atoms with Gasteiger partial charge in [0.2, 0.25) is 0 Å². The van der Waals surface area contributed by atoms with Crippen molar-refractivity contribution in [2.75, 3.05) is 11.9 Å². The number of benzene rings is 2. The molecule has 2 aromatic rings. The van der Waals surface area contributed by atoms with Gasteiger partial charge in [-0.05, 0) is 52.4 Å². The Bertz CT molecular complexity index is 581. The molecule has 0 aromatic heterocycles. The van der Waals surface area contributed by atoms with E-state index in [0.29, 0.717) is 4.99 Å². The fraction of sp³-hybridized carbons (Fsp3) is 0.133. The number of nitrogens with zero attached hydrogens (tertiary/aromatic N) is 1. The van der Waals surface area contributed by atoms with Gasteiger partial charge in [0.1, 0.15) is 4.99 Å². The van der Waals surface area contributed by atoms with Gasteiger partial charge >= 0.3 is 0 Å². The molecule has 0 saturated heterocycles. The van der Waals surface area contributed by atoms with E-state index in [1.54, 1.807) is 0 Å². The molecule has 0 amide bonds. The number of hydrogen-bond acceptors (Lipinski definition) is 2. The van der Waals surface area contributed by atoms with E-state index >= 15 is 0 Å². The third kappa shape index (κ3) is 3.67. The Kier molecular flexibility index (Phi) is 4.76.